The number of amides is 2. The summed E-state index contributed by atoms with van der Waals surface area (Å²) in [5, 5.41) is 6.12. The molecule has 2 rings (SSSR count). The van der Waals surface area contributed by atoms with E-state index in [4.69, 9.17) is 0 Å². The van der Waals surface area contributed by atoms with Crippen LogP contribution in [0.5, 0.6) is 0 Å². The van der Waals surface area contributed by atoms with Gasteiger partial charge >= 0.3 is 0 Å². The van der Waals surface area contributed by atoms with Crippen LogP contribution in [0.1, 0.15) is 39.5 Å². The summed E-state index contributed by atoms with van der Waals surface area (Å²) in [5.74, 6) is 0.416. The van der Waals surface area contributed by atoms with Crippen LogP contribution in [0.3, 0.4) is 0 Å². The van der Waals surface area contributed by atoms with Crippen molar-refractivity contribution in [2.75, 3.05) is 25.2 Å². The van der Waals surface area contributed by atoms with E-state index in [1.54, 1.807) is 16.7 Å². The van der Waals surface area contributed by atoms with E-state index in [0.29, 0.717) is 5.92 Å². The Kier molecular flexibility index (Phi) is 7.97. The summed E-state index contributed by atoms with van der Waals surface area (Å²) in [6.45, 7) is 4.23. The fraction of sp³-hybridized carbons (Fsp3) is 0.600. The van der Waals surface area contributed by atoms with Crippen LogP contribution in [0.25, 0.3) is 0 Å². The number of likely N-dealkylation sites (N-methyl/N-ethyl adjacent to an activating group) is 1. The highest BCUT2D eigenvalue weighted by Gasteiger charge is 2.26. The molecule has 0 bridgehead atoms. The van der Waals surface area contributed by atoms with E-state index in [1.807, 2.05) is 44.5 Å². The number of carbonyl (C=O) groups is 2. The number of carbonyl (C=O) groups excluding carboxylic acids is 2. The number of nitrogens with one attached hydrogen (secondary N) is 2. The second kappa shape index (κ2) is 9.97. The maximum absolute atomic E-state index is 12.6. The van der Waals surface area contributed by atoms with E-state index in [9.17, 15) is 9.59 Å². The maximum Gasteiger partial charge on any atom is 0.238 e. The van der Waals surface area contributed by atoms with Gasteiger partial charge in [-0.1, -0.05) is 31.9 Å². The molecular weight excluding hydrogens is 346 g/mol. The fourth-order valence-electron chi connectivity index (χ4n) is 3.34. The van der Waals surface area contributed by atoms with Crippen LogP contribution in [0.4, 0.5) is 5.69 Å². The monoisotopic (exact) mass is 377 g/mol. The van der Waals surface area contributed by atoms with Gasteiger partial charge in [-0.2, -0.15) is 0 Å². The molecule has 1 aromatic rings. The zero-order valence-electron chi connectivity index (χ0n) is 16.2. The van der Waals surface area contributed by atoms with Gasteiger partial charge in [-0.3, -0.25) is 14.5 Å². The molecule has 1 aliphatic carbocycles. The summed E-state index contributed by atoms with van der Waals surface area (Å²) < 4.78 is 0. The Morgan fingerprint density at radius 3 is 2.65 bits per heavy atom. The Hall–Kier alpha value is -1.53. The summed E-state index contributed by atoms with van der Waals surface area (Å²) >= 11 is 1.59. The molecular formula is C20H31N3O2S. The number of rotatable bonds is 7. The minimum atomic E-state index is -0.342. The minimum absolute atomic E-state index is 0.00330. The zero-order chi connectivity index (χ0) is 19.1. The summed E-state index contributed by atoms with van der Waals surface area (Å²) in [7, 11) is 1.81. The molecule has 0 heterocycles. The SMILES string of the molecule is CSc1ccccc1NC(=O)CN(C)C(C)C(=O)NC1CCCCC1C. The first kappa shape index (κ1) is 20.8. The van der Waals surface area contributed by atoms with E-state index < -0.39 is 0 Å². The van der Waals surface area contributed by atoms with Crippen LogP contribution in [0, 0.1) is 5.92 Å². The second-order valence-electron chi connectivity index (χ2n) is 7.22. The summed E-state index contributed by atoms with van der Waals surface area (Å²) in [6.07, 6.45) is 6.63. The van der Waals surface area contributed by atoms with Crippen molar-refractivity contribution >= 4 is 29.3 Å². The minimum Gasteiger partial charge on any atom is -0.352 e. The number of hydrogen-bond donors (Lipinski definition) is 2. The van der Waals surface area contributed by atoms with Crippen LogP contribution in [0.2, 0.25) is 0 Å². The van der Waals surface area contributed by atoms with Crippen LogP contribution in [0.15, 0.2) is 29.2 Å². The highest BCUT2D eigenvalue weighted by atomic mass is 32.2. The van der Waals surface area contributed by atoms with Crippen molar-refractivity contribution in [2.45, 2.75) is 56.5 Å². The molecule has 0 spiro atoms. The standard InChI is InChI=1S/C20H31N3O2S/c1-14-9-5-6-10-16(14)22-20(25)15(2)23(3)13-19(24)21-17-11-7-8-12-18(17)26-4/h7-8,11-12,14-16H,5-6,9-10,13H2,1-4H3,(H,21,24)(H,22,25). The summed E-state index contributed by atoms with van der Waals surface area (Å²) in [6, 6.07) is 7.64. The fourth-order valence-corrected chi connectivity index (χ4v) is 3.89. The quantitative estimate of drug-likeness (QED) is 0.715. The number of hydrogen-bond acceptors (Lipinski definition) is 4. The third-order valence-electron chi connectivity index (χ3n) is 5.25. The van der Waals surface area contributed by atoms with E-state index in [2.05, 4.69) is 17.6 Å². The number of benzene rings is 1. The van der Waals surface area contributed by atoms with Crippen LogP contribution in [-0.2, 0) is 9.59 Å². The molecule has 3 unspecified atom stereocenters. The average molecular weight is 378 g/mol. The van der Waals surface area contributed by atoms with Crippen molar-refractivity contribution in [1.29, 1.82) is 0 Å². The number of nitrogens with zero attached hydrogens (tertiary/aromatic N) is 1. The highest BCUT2D eigenvalue weighted by molar-refractivity contribution is 7.98. The van der Waals surface area contributed by atoms with Crippen molar-refractivity contribution < 1.29 is 9.59 Å². The molecule has 0 aliphatic heterocycles. The predicted octanol–water partition coefficient (Wildman–Crippen LogP) is 3.36. The number of anilines is 1. The normalized spacial score (nSPS) is 21.3. The molecule has 3 atom stereocenters. The Balaban J connectivity index is 1.86. The second-order valence-corrected chi connectivity index (χ2v) is 8.06. The number of thioether (sulfide) groups is 1. The Morgan fingerprint density at radius 2 is 1.96 bits per heavy atom. The molecule has 2 amide bonds. The molecule has 1 fully saturated rings. The van der Waals surface area contributed by atoms with Crippen LogP contribution in [-0.4, -0.2) is 48.6 Å². The van der Waals surface area contributed by atoms with Crippen LogP contribution >= 0.6 is 11.8 Å². The van der Waals surface area contributed by atoms with Crippen molar-refractivity contribution in [1.82, 2.24) is 10.2 Å². The van der Waals surface area contributed by atoms with Gasteiger partial charge in [-0.25, -0.2) is 0 Å². The lowest BCUT2D eigenvalue weighted by atomic mass is 9.86. The zero-order valence-corrected chi connectivity index (χ0v) is 17.1. The average Bonchev–Trinajstić information content (AvgIpc) is 2.63. The largest absolute Gasteiger partial charge is 0.352 e. The van der Waals surface area contributed by atoms with Gasteiger partial charge in [0, 0.05) is 10.9 Å². The lowest BCUT2D eigenvalue weighted by Gasteiger charge is -2.32. The van der Waals surface area contributed by atoms with Crippen molar-refractivity contribution in [3.05, 3.63) is 24.3 Å². The molecule has 5 nitrogen and oxygen atoms in total. The third-order valence-corrected chi connectivity index (χ3v) is 6.05. The molecule has 1 aliphatic rings. The first-order valence-corrected chi connectivity index (χ1v) is 10.6. The number of para-hydroxylation sites is 1. The van der Waals surface area contributed by atoms with Crippen molar-refractivity contribution in [3.8, 4) is 0 Å². The van der Waals surface area contributed by atoms with Gasteiger partial charge in [-0.05, 0) is 51.1 Å². The Morgan fingerprint density at radius 1 is 1.27 bits per heavy atom. The maximum atomic E-state index is 12.6. The first-order chi connectivity index (χ1) is 12.4. The summed E-state index contributed by atoms with van der Waals surface area (Å²) in [5.41, 5.74) is 0.812. The van der Waals surface area contributed by atoms with Gasteiger partial charge in [0.1, 0.15) is 0 Å². The van der Waals surface area contributed by atoms with Gasteiger partial charge < -0.3 is 10.6 Å². The summed E-state index contributed by atoms with van der Waals surface area (Å²) in [4.78, 5) is 27.7. The van der Waals surface area contributed by atoms with Crippen molar-refractivity contribution in [2.24, 2.45) is 5.92 Å². The van der Waals surface area contributed by atoms with Gasteiger partial charge in [-0.15, -0.1) is 11.8 Å². The molecule has 1 aromatic carbocycles. The first-order valence-electron chi connectivity index (χ1n) is 9.36. The van der Waals surface area contributed by atoms with E-state index >= 15 is 0 Å². The Labute approximate surface area is 161 Å². The molecule has 26 heavy (non-hydrogen) atoms. The molecule has 0 aromatic heterocycles. The van der Waals surface area contributed by atoms with E-state index in [1.165, 1.54) is 19.3 Å². The predicted molar refractivity (Wildman–Crippen MR) is 109 cm³/mol. The van der Waals surface area contributed by atoms with Gasteiger partial charge in [0.2, 0.25) is 11.8 Å². The molecule has 2 N–H and O–H groups in total. The topological polar surface area (TPSA) is 61.4 Å². The van der Waals surface area contributed by atoms with E-state index in [-0.39, 0.29) is 30.4 Å². The van der Waals surface area contributed by atoms with E-state index in [0.717, 1.165) is 17.0 Å². The molecule has 6 heteroatoms. The van der Waals surface area contributed by atoms with Crippen LogP contribution < -0.4 is 10.6 Å². The Bertz CT molecular complexity index is 623. The lowest BCUT2D eigenvalue weighted by molar-refractivity contribution is -0.127. The molecule has 144 valence electrons. The molecule has 0 saturated heterocycles. The lowest BCUT2D eigenvalue weighted by Crippen LogP contribution is -2.50. The molecule has 0 radical (unpaired) electrons. The van der Waals surface area contributed by atoms with Gasteiger partial charge in [0.05, 0.1) is 18.3 Å². The van der Waals surface area contributed by atoms with Gasteiger partial charge in [0.15, 0.2) is 0 Å². The van der Waals surface area contributed by atoms with Crippen molar-refractivity contribution in [3.63, 3.8) is 0 Å². The third kappa shape index (κ3) is 5.74. The molecule has 1 saturated carbocycles. The van der Waals surface area contributed by atoms with Gasteiger partial charge in [0.25, 0.3) is 0 Å². The highest BCUT2D eigenvalue weighted by Crippen LogP contribution is 2.25. The smallest absolute Gasteiger partial charge is 0.238 e.